The van der Waals surface area contributed by atoms with Crippen LogP contribution >= 0.6 is 34.5 Å². The van der Waals surface area contributed by atoms with Crippen LogP contribution in [0.3, 0.4) is 0 Å². The Morgan fingerprint density at radius 2 is 2.00 bits per heavy atom. The first-order valence-electron chi connectivity index (χ1n) is 7.60. The second-order valence-electron chi connectivity index (χ2n) is 5.69. The number of fused-ring (bicyclic) bond motifs is 1. The van der Waals surface area contributed by atoms with Crippen LogP contribution in [0.1, 0.15) is 45.4 Å². The zero-order valence-corrected chi connectivity index (χ0v) is 15.4. The van der Waals surface area contributed by atoms with Crippen molar-refractivity contribution in [2.45, 2.75) is 32.6 Å². The van der Waals surface area contributed by atoms with Gasteiger partial charge in [0.1, 0.15) is 5.75 Å². The fourth-order valence-electron chi connectivity index (χ4n) is 2.69. The molecule has 0 unspecified atom stereocenters. The zero-order chi connectivity index (χ0) is 17.3. The molecule has 1 heterocycles. The fourth-order valence-corrected chi connectivity index (χ4v) is 4.33. The molecule has 126 valence electrons. The van der Waals surface area contributed by atoms with Gasteiger partial charge in [0.25, 0.3) is 5.91 Å². The molecule has 4 nitrogen and oxygen atoms in total. The largest absolute Gasteiger partial charge is 0.506 e. The van der Waals surface area contributed by atoms with Gasteiger partial charge in [-0.1, -0.05) is 23.2 Å². The van der Waals surface area contributed by atoms with Crippen molar-refractivity contribution < 1.29 is 9.90 Å². The van der Waals surface area contributed by atoms with Gasteiger partial charge < -0.3 is 5.11 Å². The van der Waals surface area contributed by atoms with E-state index in [0.717, 1.165) is 12.8 Å². The average molecular weight is 383 g/mol. The number of nitrogens with one attached hydrogen (secondary N) is 1. The Balaban J connectivity index is 1.77. The van der Waals surface area contributed by atoms with E-state index in [4.69, 9.17) is 23.2 Å². The Morgan fingerprint density at radius 3 is 2.75 bits per heavy atom. The van der Waals surface area contributed by atoms with Gasteiger partial charge >= 0.3 is 0 Å². The molecule has 2 N–H and O–H groups in total. The van der Waals surface area contributed by atoms with E-state index in [0.29, 0.717) is 21.2 Å². The summed E-state index contributed by atoms with van der Waals surface area (Å²) in [5.41, 5.74) is 4.62. The molecule has 0 atom stereocenters. The summed E-state index contributed by atoms with van der Waals surface area (Å²) in [6, 6.07) is 4.95. The smallest absolute Gasteiger partial charge is 0.281 e. The van der Waals surface area contributed by atoms with E-state index in [9.17, 15) is 9.90 Å². The summed E-state index contributed by atoms with van der Waals surface area (Å²) in [6.45, 7) is 1.67. The number of benzene rings is 1. The predicted octanol–water partition coefficient (Wildman–Crippen LogP) is 4.79. The molecular formula is C17H16Cl2N2O2S. The van der Waals surface area contributed by atoms with Gasteiger partial charge in [0.15, 0.2) is 0 Å². The number of aromatic hydroxyl groups is 1. The van der Waals surface area contributed by atoms with Crippen molar-refractivity contribution >= 4 is 46.2 Å². The molecular weight excluding hydrogens is 367 g/mol. The van der Waals surface area contributed by atoms with Crippen LogP contribution in [0.2, 0.25) is 10.0 Å². The van der Waals surface area contributed by atoms with Gasteiger partial charge in [0.05, 0.1) is 15.6 Å². The van der Waals surface area contributed by atoms with Crippen molar-refractivity contribution in [2.24, 2.45) is 5.10 Å². The number of phenolic OH excluding ortho intramolecular Hbond substituents is 1. The SMILES string of the molecule is C/C(=N\NC(=O)c1cc2c(s1)CCCC2)c1cc(Cl)cc(Cl)c1O. The first kappa shape index (κ1) is 17.3. The van der Waals surface area contributed by atoms with Gasteiger partial charge in [-0.3, -0.25) is 4.79 Å². The first-order chi connectivity index (χ1) is 11.5. The molecule has 1 aromatic heterocycles. The Morgan fingerprint density at radius 1 is 1.25 bits per heavy atom. The lowest BCUT2D eigenvalue weighted by molar-refractivity contribution is 0.0959. The van der Waals surface area contributed by atoms with Crippen molar-refractivity contribution in [1.82, 2.24) is 5.43 Å². The lowest BCUT2D eigenvalue weighted by Crippen LogP contribution is -2.18. The molecule has 24 heavy (non-hydrogen) atoms. The van der Waals surface area contributed by atoms with Crippen molar-refractivity contribution in [2.75, 3.05) is 0 Å². The minimum Gasteiger partial charge on any atom is -0.506 e. The normalized spacial score (nSPS) is 14.4. The van der Waals surface area contributed by atoms with E-state index >= 15 is 0 Å². The van der Waals surface area contributed by atoms with Gasteiger partial charge in [-0.05, 0) is 56.4 Å². The second-order valence-corrected chi connectivity index (χ2v) is 7.67. The highest BCUT2D eigenvalue weighted by molar-refractivity contribution is 7.14. The third-order valence-electron chi connectivity index (χ3n) is 3.96. The van der Waals surface area contributed by atoms with Gasteiger partial charge in [-0.15, -0.1) is 11.3 Å². The van der Waals surface area contributed by atoms with E-state index in [2.05, 4.69) is 10.5 Å². The van der Waals surface area contributed by atoms with Crippen LogP contribution < -0.4 is 5.43 Å². The van der Waals surface area contributed by atoms with Crippen LogP contribution in [0.15, 0.2) is 23.3 Å². The molecule has 2 aromatic rings. The van der Waals surface area contributed by atoms with E-state index in [1.165, 1.54) is 40.7 Å². The summed E-state index contributed by atoms with van der Waals surface area (Å²) in [7, 11) is 0. The number of nitrogens with zero attached hydrogens (tertiary/aromatic N) is 1. The first-order valence-corrected chi connectivity index (χ1v) is 9.17. The fraction of sp³-hybridized carbons (Fsp3) is 0.294. The molecule has 1 aliphatic rings. The number of halogens is 2. The number of hydrazone groups is 1. The number of phenols is 1. The number of aryl methyl sites for hydroxylation is 2. The topological polar surface area (TPSA) is 61.7 Å². The maximum Gasteiger partial charge on any atom is 0.281 e. The van der Waals surface area contributed by atoms with Crippen molar-refractivity contribution in [3.05, 3.63) is 49.1 Å². The van der Waals surface area contributed by atoms with Gasteiger partial charge in [0.2, 0.25) is 0 Å². The van der Waals surface area contributed by atoms with Crippen LogP contribution in [-0.2, 0) is 12.8 Å². The summed E-state index contributed by atoms with van der Waals surface area (Å²) in [5.74, 6) is -0.357. The molecule has 0 saturated carbocycles. The summed E-state index contributed by atoms with van der Waals surface area (Å²) >= 11 is 13.4. The molecule has 0 aliphatic heterocycles. The number of thiophene rings is 1. The van der Waals surface area contributed by atoms with Crippen LogP contribution in [0.5, 0.6) is 5.75 Å². The van der Waals surface area contributed by atoms with Crippen LogP contribution in [0, 0.1) is 0 Å². The summed E-state index contributed by atoms with van der Waals surface area (Å²) < 4.78 is 0. The van der Waals surface area contributed by atoms with Crippen molar-refractivity contribution in [1.29, 1.82) is 0 Å². The second kappa shape index (κ2) is 7.13. The van der Waals surface area contributed by atoms with E-state index < -0.39 is 0 Å². The lowest BCUT2D eigenvalue weighted by Gasteiger charge is -2.08. The average Bonchev–Trinajstić information content (AvgIpc) is 2.99. The van der Waals surface area contributed by atoms with Crippen molar-refractivity contribution in [3.63, 3.8) is 0 Å². The predicted molar refractivity (Wildman–Crippen MR) is 98.8 cm³/mol. The van der Waals surface area contributed by atoms with E-state index in [1.807, 2.05) is 6.07 Å². The number of rotatable bonds is 3. The minimum atomic E-state index is -0.249. The quantitative estimate of drug-likeness (QED) is 0.591. The molecule has 0 spiro atoms. The molecule has 3 rings (SSSR count). The summed E-state index contributed by atoms with van der Waals surface area (Å²) in [5, 5.41) is 14.6. The van der Waals surface area contributed by atoms with Crippen molar-refractivity contribution in [3.8, 4) is 5.75 Å². The van der Waals surface area contributed by atoms with Crippen LogP contribution in [-0.4, -0.2) is 16.7 Å². The van der Waals surface area contributed by atoms with E-state index in [-0.39, 0.29) is 16.7 Å². The Labute approximate surface area is 154 Å². The Kier molecular flexibility index (Phi) is 5.13. The maximum absolute atomic E-state index is 12.3. The molecule has 0 saturated heterocycles. The number of carbonyl (C=O) groups is 1. The van der Waals surface area contributed by atoms with Gasteiger partial charge in [-0.2, -0.15) is 5.10 Å². The Bertz CT molecular complexity index is 807. The molecule has 0 radical (unpaired) electrons. The molecule has 1 aliphatic carbocycles. The van der Waals surface area contributed by atoms with Crippen LogP contribution in [0.25, 0.3) is 0 Å². The monoisotopic (exact) mass is 382 g/mol. The number of hydrogen-bond donors (Lipinski definition) is 2. The number of hydrogen-bond acceptors (Lipinski definition) is 4. The standard InChI is InChI=1S/C17H16Cl2N2O2S/c1-9(12-7-11(18)8-13(19)16(12)22)20-21-17(23)15-6-10-4-2-3-5-14(10)24-15/h6-8,22H,2-5H2,1H3,(H,21,23)/b20-9+. The number of amides is 1. The summed E-state index contributed by atoms with van der Waals surface area (Å²) in [4.78, 5) is 14.3. The lowest BCUT2D eigenvalue weighted by atomic mass is 9.99. The Hall–Kier alpha value is -1.56. The molecule has 7 heteroatoms. The molecule has 1 amide bonds. The van der Waals surface area contributed by atoms with Crippen LogP contribution in [0.4, 0.5) is 0 Å². The third kappa shape index (κ3) is 3.58. The molecule has 1 aromatic carbocycles. The molecule has 0 fully saturated rings. The van der Waals surface area contributed by atoms with E-state index in [1.54, 1.807) is 13.0 Å². The van der Waals surface area contributed by atoms with Gasteiger partial charge in [0, 0.05) is 15.5 Å². The highest BCUT2D eigenvalue weighted by atomic mass is 35.5. The minimum absolute atomic E-state index is 0.108. The zero-order valence-electron chi connectivity index (χ0n) is 13.0. The highest BCUT2D eigenvalue weighted by Gasteiger charge is 2.17. The molecule has 0 bridgehead atoms. The highest BCUT2D eigenvalue weighted by Crippen LogP contribution is 2.32. The third-order valence-corrected chi connectivity index (χ3v) is 5.71. The number of carbonyl (C=O) groups excluding carboxylic acids is 1. The maximum atomic E-state index is 12.3. The summed E-state index contributed by atoms with van der Waals surface area (Å²) in [6.07, 6.45) is 4.44. The van der Waals surface area contributed by atoms with Gasteiger partial charge in [-0.25, -0.2) is 5.43 Å².